The van der Waals surface area contributed by atoms with Gasteiger partial charge in [-0.25, -0.2) is 4.98 Å². The molecule has 0 aliphatic rings. The molecule has 5 nitrogen and oxygen atoms in total. The molecule has 0 bridgehead atoms. The highest BCUT2D eigenvalue weighted by Gasteiger charge is 2.11. The van der Waals surface area contributed by atoms with Gasteiger partial charge in [-0.3, -0.25) is 4.79 Å². The Morgan fingerprint density at radius 1 is 1.19 bits per heavy atom. The second-order valence-electron chi connectivity index (χ2n) is 6.84. The van der Waals surface area contributed by atoms with Gasteiger partial charge in [-0.15, -0.1) is 0 Å². The van der Waals surface area contributed by atoms with Crippen molar-refractivity contribution in [3.8, 4) is 0 Å². The molecular weight excluding hydrogens is 404 g/mol. The van der Waals surface area contributed by atoms with Crippen molar-refractivity contribution in [2.45, 2.75) is 19.4 Å². The average Bonchev–Trinajstić information content (AvgIpc) is 2.99. The van der Waals surface area contributed by atoms with E-state index in [4.69, 9.17) is 4.98 Å². The molecule has 27 heavy (non-hydrogen) atoms. The van der Waals surface area contributed by atoms with Crippen LogP contribution in [0.4, 0.5) is 0 Å². The lowest BCUT2D eigenvalue weighted by Gasteiger charge is -2.13. The summed E-state index contributed by atoms with van der Waals surface area (Å²) >= 11 is 3.40. The van der Waals surface area contributed by atoms with Gasteiger partial charge in [0.15, 0.2) is 0 Å². The summed E-state index contributed by atoms with van der Waals surface area (Å²) in [5.41, 5.74) is 2.82. The van der Waals surface area contributed by atoms with E-state index in [2.05, 4.69) is 50.9 Å². The van der Waals surface area contributed by atoms with Gasteiger partial charge in [-0.05, 0) is 57.4 Å². The standard InChI is InChI=1S/C21H25BrN4O/c1-25(2)13-6-14-26-19-10-4-3-9-18(19)24-20(26)11-12-23-21(27)16-7-5-8-17(22)15-16/h3-5,7-10,15H,6,11-14H2,1-2H3,(H,23,27). The summed E-state index contributed by atoms with van der Waals surface area (Å²) in [4.78, 5) is 19.3. The van der Waals surface area contributed by atoms with Gasteiger partial charge in [-0.1, -0.05) is 34.1 Å². The molecule has 1 heterocycles. The van der Waals surface area contributed by atoms with Crippen LogP contribution in [0.2, 0.25) is 0 Å². The maximum absolute atomic E-state index is 12.3. The van der Waals surface area contributed by atoms with Gasteiger partial charge in [0.25, 0.3) is 5.91 Å². The summed E-state index contributed by atoms with van der Waals surface area (Å²) in [5.74, 6) is 0.955. The highest BCUT2D eigenvalue weighted by atomic mass is 79.9. The molecule has 6 heteroatoms. The van der Waals surface area contributed by atoms with Crippen molar-refractivity contribution in [2.24, 2.45) is 0 Å². The summed E-state index contributed by atoms with van der Waals surface area (Å²) in [6.07, 6.45) is 1.77. The molecule has 2 aromatic carbocycles. The van der Waals surface area contributed by atoms with E-state index in [1.165, 1.54) is 0 Å². The van der Waals surface area contributed by atoms with Crippen LogP contribution in [0.1, 0.15) is 22.6 Å². The van der Waals surface area contributed by atoms with E-state index in [1.54, 1.807) is 0 Å². The first kappa shape index (κ1) is 19.6. The van der Waals surface area contributed by atoms with Crippen molar-refractivity contribution in [1.82, 2.24) is 19.8 Å². The highest BCUT2D eigenvalue weighted by Crippen LogP contribution is 2.17. The molecule has 0 radical (unpaired) electrons. The highest BCUT2D eigenvalue weighted by molar-refractivity contribution is 9.10. The number of carbonyl (C=O) groups is 1. The van der Waals surface area contributed by atoms with E-state index in [-0.39, 0.29) is 5.91 Å². The number of para-hydroxylation sites is 2. The normalized spacial score (nSPS) is 11.3. The molecule has 1 N–H and O–H groups in total. The second kappa shape index (κ2) is 9.15. The molecule has 3 rings (SSSR count). The number of halogens is 1. The third-order valence-electron chi connectivity index (χ3n) is 4.44. The molecular formula is C21H25BrN4O. The van der Waals surface area contributed by atoms with Crippen LogP contribution in [0.3, 0.4) is 0 Å². The first-order chi connectivity index (χ1) is 13.0. The van der Waals surface area contributed by atoms with Crippen molar-refractivity contribution in [3.05, 3.63) is 64.4 Å². The smallest absolute Gasteiger partial charge is 0.251 e. The Kier molecular flexibility index (Phi) is 6.63. The molecule has 0 atom stereocenters. The number of imidazole rings is 1. The third-order valence-corrected chi connectivity index (χ3v) is 4.93. The van der Waals surface area contributed by atoms with Crippen LogP contribution in [-0.2, 0) is 13.0 Å². The number of fused-ring (bicyclic) bond motifs is 1. The largest absolute Gasteiger partial charge is 0.352 e. The van der Waals surface area contributed by atoms with Gasteiger partial charge in [0.2, 0.25) is 0 Å². The second-order valence-corrected chi connectivity index (χ2v) is 7.76. The lowest BCUT2D eigenvalue weighted by molar-refractivity contribution is 0.0954. The van der Waals surface area contributed by atoms with E-state index in [0.717, 1.165) is 40.8 Å². The first-order valence-electron chi connectivity index (χ1n) is 9.17. The summed E-state index contributed by atoms with van der Waals surface area (Å²) < 4.78 is 3.18. The molecule has 142 valence electrons. The molecule has 0 fully saturated rings. The zero-order valence-corrected chi connectivity index (χ0v) is 17.4. The van der Waals surface area contributed by atoms with Gasteiger partial charge in [0.1, 0.15) is 5.82 Å². The van der Waals surface area contributed by atoms with Crippen LogP contribution in [0.5, 0.6) is 0 Å². The minimum Gasteiger partial charge on any atom is -0.352 e. The molecule has 3 aromatic rings. The summed E-state index contributed by atoms with van der Waals surface area (Å²) in [6, 6.07) is 15.6. The fourth-order valence-electron chi connectivity index (χ4n) is 3.13. The van der Waals surface area contributed by atoms with Gasteiger partial charge in [0.05, 0.1) is 11.0 Å². The van der Waals surface area contributed by atoms with Crippen molar-refractivity contribution in [3.63, 3.8) is 0 Å². The Hall–Kier alpha value is -2.18. The monoisotopic (exact) mass is 428 g/mol. The van der Waals surface area contributed by atoms with Gasteiger partial charge in [0, 0.05) is 29.5 Å². The van der Waals surface area contributed by atoms with Crippen LogP contribution in [0.15, 0.2) is 53.0 Å². The van der Waals surface area contributed by atoms with Crippen LogP contribution in [-0.4, -0.2) is 47.5 Å². The van der Waals surface area contributed by atoms with Crippen LogP contribution in [0, 0.1) is 0 Å². The topological polar surface area (TPSA) is 50.2 Å². The Bertz CT molecular complexity index is 919. The fourth-order valence-corrected chi connectivity index (χ4v) is 3.53. The van der Waals surface area contributed by atoms with E-state index in [1.807, 2.05) is 42.5 Å². The molecule has 0 saturated heterocycles. The van der Waals surface area contributed by atoms with Crippen molar-refractivity contribution >= 4 is 32.9 Å². The number of nitrogens with one attached hydrogen (secondary N) is 1. The first-order valence-corrected chi connectivity index (χ1v) is 9.96. The van der Waals surface area contributed by atoms with Crippen molar-refractivity contribution < 1.29 is 4.79 Å². The fraction of sp³-hybridized carbons (Fsp3) is 0.333. The quantitative estimate of drug-likeness (QED) is 0.594. The molecule has 1 aromatic heterocycles. The van der Waals surface area contributed by atoms with E-state index >= 15 is 0 Å². The number of rotatable bonds is 8. The number of benzene rings is 2. The number of hydrogen-bond donors (Lipinski definition) is 1. The van der Waals surface area contributed by atoms with Crippen molar-refractivity contribution in [1.29, 1.82) is 0 Å². The van der Waals surface area contributed by atoms with E-state index in [9.17, 15) is 4.79 Å². The Labute approximate surface area is 168 Å². The number of nitrogens with zero attached hydrogens (tertiary/aromatic N) is 3. The average molecular weight is 429 g/mol. The summed E-state index contributed by atoms with van der Waals surface area (Å²) in [5, 5.41) is 3.00. The Balaban J connectivity index is 1.67. The molecule has 0 spiro atoms. The minimum absolute atomic E-state index is 0.0634. The number of hydrogen-bond acceptors (Lipinski definition) is 3. The zero-order valence-electron chi connectivity index (χ0n) is 15.8. The van der Waals surface area contributed by atoms with E-state index < -0.39 is 0 Å². The zero-order chi connectivity index (χ0) is 19.2. The molecule has 0 aliphatic heterocycles. The third kappa shape index (κ3) is 5.17. The van der Waals surface area contributed by atoms with Crippen LogP contribution in [0.25, 0.3) is 11.0 Å². The maximum Gasteiger partial charge on any atom is 0.251 e. The number of aryl methyl sites for hydroxylation is 1. The molecule has 0 saturated carbocycles. The van der Waals surface area contributed by atoms with Crippen molar-refractivity contribution in [2.75, 3.05) is 27.2 Å². The predicted octanol–water partition coefficient (Wildman–Crippen LogP) is 3.72. The number of amides is 1. The summed E-state index contributed by atoms with van der Waals surface area (Å²) in [7, 11) is 4.18. The Morgan fingerprint density at radius 2 is 2.00 bits per heavy atom. The molecule has 0 aliphatic carbocycles. The number of aromatic nitrogens is 2. The SMILES string of the molecule is CN(C)CCCn1c(CCNC(=O)c2cccc(Br)c2)nc2ccccc21. The minimum atomic E-state index is -0.0634. The molecule has 0 unspecified atom stereocenters. The lowest BCUT2D eigenvalue weighted by Crippen LogP contribution is -2.26. The van der Waals surface area contributed by atoms with Gasteiger partial charge in [-0.2, -0.15) is 0 Å². The van der Waals surface area contributed by atoms with Gasteiger partial charge < -0.3 is 14.8 Å². The van der Waals surface area contributed by atoms with E-state index in [0.29, 0.717) is 18.5 Å². The van der Waals surface area contributed by atoms with Crippen LogP contribution < -0.4 is 5.32 Å². The maximum atomic E-state index is 12.3. The number of carbonyl (C=O) groups excluding carboxylic acids is 1. The Morgan fingerprint density at radius 3 is 2.78 bits per heavy atom. The lowest BCUT2D eigenvalue weighted by atomic mass is 10.2. The van der Waals surface area contributed by atoms with Crippen LogP contribution >= 0.6 is 15.9 Å². The van der Waals surface area contributed by atoms with Gasteiger partial charge >= 0.3 is 0 Å². The molecule has 1 amide bonds. The predicted molar refractivity (Wildman–Crippen MR) is 113 cm³/mol. The summed E-state index contributed by atoms with van der Waals surface area (Å²) in [6.45, 7) is 2.52.